The van der Waals surface area contributed by atoms with E-state index in [-0.39, 0.29) is 24.5 Å². The van der Waals surface area contributed by atoms with Crippen molar-refractivity contribution in [1.82, 2.24) is 14.7 Å². The van der Waals surface area contributed by atoms with Crippen LogP contribution in [0.4, 0.5) is 13.2 Å². The van der Waals surface area contributed by atoms with Gasteiger partial charge in [0.1, 0.15) is 0 Å². The van der Waals surface area contributed by atoms with Gasteiger partial charge in [-0.25, -0.2) is 4.68 Å². The van der Waals surface area contributed by atoms with Crippen molar-refractivity contribution in [2.24, 2.45) is 5.92 Å². The molecule has 2 heterocycles. The van der Waals surface area contributed by atoms with Crippen molar-refractivity contribution in [1.29, 1.82) is 0 Å². The number of piperidine rings is 1. The fourth-order valence-electron chi connectivity index (χ4n) is 3.60. The molecule has 1 amide bonds. The van der Waals surface area contributed by atoms with Crippen LogP contribution in [0.2, 0.25) is 0 Å². The first kappa shape index (κ1) is 22.5. The summed E-state index contributed by atoms with van der Waals surface area (Å²) in [6.45, 7) is 3.70. The maximum Gasteiger partial charge on any atom is 0.418 e. The number of hydrogen-bond donors (Lipinski definition) is 0. The molecular formula is C21H22F3N3O4. The Labute approximate surface area is 176 Å². The Morgan fingerprint density at radius 3 is 2.65 bits per heavy atom. The lowest BCUT2D eigenvalue weighted by molar-refractivity contribution is -0.149. The van der Waals surface area contributed by atoms with Crippen molar-refractivity contribution in [3.05, 3.63) is 57.5 Å². The summed E-state index contributed by atoms with van der Waals surface area (Å²) in [4.78, 5) is 38.8. The molecule has 1 saturated heterocycles. The quantitative estimate of drug-likeness (QED) is 0.687. The summed E-state index contributed by atoms with van der Waals surface area (Å²) in [5, 5.41) is 3.99. The molecule has 0 aliphatic carbocycles. The molecule has 0 bridgehead atoms. The van der Waals surface area contributed by atoms with E-state index in [1.54, 1.807) is 6.92 Å². The number of esters is 1. The Morgan fingerprint density at radius 2 is 1.97 bits per heavy atom. The third kappa shape index (κ3) is 4.78. The Balaban J connectivity index is 1.98. The molecule has 166 valence electrons. The average molecular weight is 437 g/mol. The molecule has 1 fully saturated rings. The first-order valence-electron chi connectivity index (χ1n) is 9.87. The minimum Gasteiger partial charge on any atom is -0.466 e. The molecule has 0 saturated carbocycles. The summed E-state index contributed by atoms with van der Waals surface area (Å²) in [5.41, 5.74) is -2.26. The summed E-state index contributed by atoms with van der Waals surface area (Å²) in [5.74, 6) is -1.66. The highest BCUT2D eigenvalue weighted by Gasteiger charge is 2.35. The molecular weight excluding hydrogens is 415 g/mol. The van der Waals surface area contributed by atoms with Crippen LogP contribution in [-0.4, -0.2) is 46.3 Å². The second kappa shape index (κ2) is 8.91. The van der Waals surface area contributed by atoms with E-state index in [0.717, 1.165) is 16.8 Å². The first-order valence-corrected chi connectivity index (χ1v) is 9.87. The SMILES string of the molecule is CCOC(=O)[C@H]1CCCN(C(=O)c2nn(-c3ccccc3C(F)(F)F)c(C)cc2=O)C1. The molecule has 0 unspecified atom stereocenters. The number of alkyl halides is 3. The largest absolute Gasteiger partial charge is 0.466 e. The highest BCUT2D eigenvalue weighted by Crippen LogP contribution is 2.33. The van der Waals surface area contributed by atoms with Gasteiger partial charge in [-0.1, -0.05) is 12.1 Å². The molecule has 0 radical (unpaired) electrons. The van der Waals surface area contributed by atoms with Gasteiger partial charge in [-0.2, -0.15) is 18.3 Å². The molecule has 7 nitrogen and oxygen atoms in total. The fourth-order valence-corrected chi connectivity index (χ4v) is 3.60. The lowest BCUT2D eigenvalue weighted by Crippen LogP contribution is -2.44. The number of aryl methyl sites for hydroxylation is 1. The summed E-state index contributed by atoms with van der Waals surface area (Å²) in [6, 6.07) is 5.88. The van der Waals surface area contributed by atoms with Crippen molar-refractivity contribution < 1.29 is 27.5 Å². The van der Waals surface area contributed by atoms with E-state index < -0.39 is 40.7 Å². The minimum atomic E-state index is -4.64. The topological polar surface area (TPSA) is 81.5 Å². The maximum atomic E-state index is 13.5. The van der Waals surface area contributed by atoms with E-state index in [9.17, 15) is 27.6 Å². The summed E-state index contributed by atoms with van der Waals surface area (Å²) in [6.07, 6.45) is -3.56. The number of hydrogen-bond acceptors (Lipinski definition) is 5. The Morgan fingerprint density at radius 1 is 1.26 bits per heavy atom. The maximum absolute atomic E-state index is 13.5. The van der Waals surface area contributed by atoms with Crippen LogP contribution >= 0.6 is 0 Å². The number of carbonyl (C=O) groups excluding carboxylic acids is 2. The number of halogens is 3. The van der Waals surface area contributed by atoms with E-state index in [1.165, 1.54) is 30.0 Å². The van der Waals surface area contributed by atoms with Crippen molar-refractivity contribution >= 4 is 11.9 Å². The van der Waals surface area contributed by atoms with Gasteiger partial charge in [-0.05, 0) is 38.8 Å². The van der Waals surface area contributed by atoms with Crippen LogP contribution in [0.1, 0.15) is 41.5 Å². The Bertz CT molecular complexity index is 1050. The molecule has 1 atom stereocenters. The molecule has 1 aromatic heterocycles. The van der Waals surface area contributed by atoms with E-state index in [4.69, 9.17) is 4.74 Å². The molecule has 31 heavy (non-hydrogen) atoms. The number of nitrogens with zero attached hydrogens (tertiary/aromatic N) is 3. The number of rotatable bonds is 4. The van der Waals surface area contributed by atoms with Crippen molar-refractivity contribution in [3.8, 4) is 5.69 Å². The summed E-state index contributed by atoms with van der Waals surface area (Å²) >= 11 is 0. The monoisotopic (exact) mass is 437 g/mol. The smallest absolute Gasteiger partial charge is 0.418 e. The molecule has 10 heteroatoms. The third-order valence-corrected chi connectivity index (χ3v) is 5.08. The number of benzene rings is 1. The van der Waals surface area contributed by atoms with Gasteiger partial charge in [0.05, 0.1) is 23.8 Å². The predicted molar refractivity (Wildman–Crippen MR) is 105 cm³/mol. The molecule has 1 aliphatic heterocycles. The molecule has 1 aliphatic rings. The molecule has 3 rings (SSSR count). The van der Waals surface area contributed by atoms with Gasteiger partial charge in [-0.15, -0.1) is 0 Å². The highest BCUT2D eigenvalue weighted by molar-refractivity contribution is 5.92. The minimum absolute atomic E-state index is 0.0613. The van der Waals surface area contributed by atoms with Crippen molar-refractivity contribution in [2.45, 2.75) is 32.9 Å². The van der Waals surface area contributed by atoms with Crippen molar-refractivity contribution in [2.75, 3.05) is 19.7 Å². The van der Waals surface area contributed by atoms with Crippen LogP contribution in [0.5, 0.6) is 0 Å². The number of ether oxygens (including phenoxy) is 1. The zero-order chi connectivity index (χ0) is 22.8. The highest BCUT2D eigenvalue weighted by atomic mass is 19.4. The fraction of sp³-hybridized carbons (Fsp3) is 0.429. The number of amides is 1. The van der Waals surface area contributed by atoms with E-state index in [0.29, 0.717) is 19.4 Å². The predicted octanol–water partition coefficient (Wildman–Crippen LogP) is 2.98. The van der Waals surface area contributed by atoms with Gasteiger partial charge in [0.2, 0.25) is 5.43 Å². The van der Waals surface area contributed by atoms with E-state index >= 15 is 0 Å². The van der Waals surface area contributed by atoms with Crippen molar-refractivity contribution in [3.63, 3.8) is 0 Å². The van der Waals surface area contributed by atoms with Gasteiger partial charge in [0.25, 0.3) is 5.91 Å². The van der Waals surface area contributed by atoms with Crippen LogP contribution in [-0.2, 0) is 15.7 Å². The summed E-state index contributed by atoms with van der Waals surface area (Å²) < 4.78 is 46.3. The average Bonchev–Trinajstić information content (AvgIpc) is 2.73. The van der Waals surface area contributed by atoms with Crippen LogP contribution < -0.4 is 5.43 Å². The lowest BCUT2D eigenvalue weighted by atomic mass is 9.98. The van der Waals surface area contributed by atoms with Gasteiger partial charge < -0.3 is 9.64 Å². The zero-order valence-electron chi connectivity index (χ0n) is 17.1. The van der Waals surface area contributed by atoms with Gasteiger partial charge >= 0.3 is 12.1 Å². The van der Waals surface area contributed by atoms with Crippen LogP contribution in [0.15, 0.2) is 35.1 Å². The Kier molecular flexibility index (Phi) is 6.47. The normalized spacial score (nSPS) is 16.8. The Hall–Kier alpha value is -3.17. The number of carbonyl (C=O) groups is 2. The lowest BCUT2D eigenvalue weighted by Gasteiger charge is -2.31. The number of likely N-dealkylation sites (tertiary alicyclic amines) is 1. The van der Waals surface area contributed by atoms with E-state index in [1.807, 2.05) is 0 Å². The summed E-state index contributed by atoms with van der Waals surface area (Å²) in [7, 11) is 0. The number of aromatic nitrogens is 2. The molecule has 0 spiro atoms. The number of para-hydroxylation sites is 1. The second-order valence-corrected chi connectivity index (χ2v) is 7.27. The first-order chi connectivity index (χ1) is 14.6. The third-order valence-electron chi connectivity index (χ3n) is 5.08. The van der Waals surface area contributed by atoms with E-state index in [2.05, 4.69) is 5.10 Å². The van der Waals surface area contributed by atoms with Crippen LogP contribution in [0, 0.1) is 12.8 Å². The van der Waals surface area contributed by atoms with Gasteiger partial charge in [-0.3, -0.25) is 14.4 Å². The molecule has 2 aromatic rings. The standard InChI is InChI=1S/C21H22F3N3O4/c1-3-31-20(30)14-7-6-10-26(12-14)19(29)18-17(28)11-13(2)27(25-18)16-9-5-4-8-15(16)21(22,23)24/h4-5,8-9,11,14H,3,6-7,10,12H2,1-2H3/t14-/m0/s1. The van der Waals surface area contributed by atoms with Gasteiger partial charge in [0.15, 0.2) is 5.69 Å². The van der Waals surface area contributed by atoms with Gasteiger partial charge in [0, 0.05) is 24.8 Å². The van der Waals surface area contributed by atoms with Crippen LogP contribution in [0.25, 0.3) is 5.69 Å². The molecule has 1 aromatic carbocycles. The van der Waals surface area contributed by atoms with Crippen LogP contribution in [0.3, 0.4) is 0 Å². The zero-order valence-corrected chi connectivity index (χ0v) is 17.1. The second-order valence-electron chi connectivity index (χ2n) is 7.27. The molecule has 0 N–H and O–H groups in total.